The Morgan fingerprint density at radius 1 is 0.845 bits per heavy atom. The normalized spacial score (nSPS) is 21.6. The molecule has 0 unspecified atom stereocenters. The first-order chi connectivity index (χ1) is 26.5. The van der Waals surface area contributed by atoms with Gasteiger partial charge in [0.25, 0.3) is 17.8 Å². The van der Waals surface area contributed by atoms with Gasteiger partial charge in [-0.15, -0.1) is 17.0 Å². The van der Waals surface area contributed by atoms with E-state index in [0.717, 1.165) is 34.9 Å². The summed E-state index contributed by atoms with van der Waals surface area (Å²) in [6.07, 6.45) is -4.94. The van der Waals surface area contributed by atoms with Gasteiger partial charge in [-0.3, -0.25) is 14.5 Å². The van der Waals surface area contributed by atoms with Gasteiger partial charge in [-0.1, -0.05) is 13.8 Å². The number of aryl methyl sites for hydroxylation is 2. The van der Waals surface area contributed by atoms with Gasteiger partial charge in [0.05, 0.1) is 41.5 Å². The second kappa shape index (κ2) is 18.2. The number of carbonyl (C=O) groups excluding carboxylic acids is 1. The number of hydrogen-bond donors (Lipinski definition) is 3. The summed E-state index contributed by atoms with van der Waals surface area (Å²) in [5.41, 5.74) is 0.0974. The van der Waals surface area contributed by atoms with Gasteiger partial charge in [-0.2, -0.15) is 31.4 Å². The van der Waals surface area contributed by atoms with Crippen molar-refractivity contribution in [2.75, 3.05) is 36.8 Å². The van der Waals surface area contributed by atoms with Gasteiger partial charge in [0.1, 0.15) is 11.6 Å². The molecule has 0 bridgehead atoms. The van der Waals surface area contributed by atoms with Gasteiger partial charge in [-0.25, -0.2) is 27.5 Å². The molecule has 3 N–H and O–H groups in total. The maximum Gasteiger partial charge on any atom is 0.417 e. The smallest absolute Gasteiger partial charge is 0.369 e. The van der Waals surface area contributed by atoms with Crippen molar-refractivity contribution in [1.82, 2.24) is 34.9 Å². The van der Waals surface area contributed by atoms with Crippen molar-refractivity contribution < 1.29 is 48.7 Å². The van der Waals surface area contributed by atoms with Gasteiger partial charge in [0.2, 0.25) is 0 Å². The lowest BCUT2D eigenvalue weighted by Crippen LogP contribution is -2.57. The van der Waals surface area contributed by atoms with Gasteiger partial charge >= 0.3 is 12.4 Å². The van der Waals surface area contributed by atoms with Crippen molar-refractivity contribution in [2.45, 2.75) is 69.9 Å². The molecular weight excluding hydrogens is 856 g/mol. The van der Waals surface area contributed by atoms with Crippen LogP contribution in [0.25, 0.3) is 11.3 Å². The van der Waals surface area contributed by atoms with Crippen molar-refractivity contribution in [3.63, 3.8) is 0 Å². The molecule has 2 aliphatic heterocycles. The monoisotopic (exact) mass is 897 g/mol. The SMILES string of the molecule is Br.C[C@@H]1CC(F)(F)CN[C@@H]1CNc1ccc(C(F)(F)F)cn1.Cc1ccnc(-c2cn(C)nc2C(=O)N2CC(F)(F)C[C@@H](C)[C@H]2CNc2ccc(C(F)(F)F)cn2)c1. The number of hydrogen-bond acceptors (Lipinski definition) is 8. The van der Waals surface area contributed by atoms with E-state index in [9.17, 15) is 48.7 Å². The molecule has 0 radical (unpaired) electrons. The van der Waals surface area contributed by atoms with Gasteiger partial charge < -0.3 is 20.9 Å². The summed E-state index contributed by atoms with van der Waals surface area (Å²) in [6.45, 7) is 4.35. The molecule has 2 aliphatic rings. The lowest BCUT2D eigenvalue weighted by molar-refractivity contribution is -0.138. The molecule has 21 heteroatoms. The maximum absolute atomic E-state index is 14.6. The quantitative estimate of drug-likeness (QED) is 0.151. The Hall–Kier alpha value is -4.53. The number of nitrogens with zero attached hydrogens (tertiary/aromatic N) is 6. The van der Waals surface area contributed by atoms with E-state index in [-0.39, 0.29) is 65.8 Å². The van der Waals surface area contributed by atoms with Crippen molar-refractivity contribution in [1.29, 1.82) is 0 Å². The van der Waals surface area contributed by atoms with Gasteiger partial charge in [0.15, 0.2) is 5.69 Å². The second-order valence-electron chi connectivity index (χ2n) is 14.5. The lowest BCUT2D eigenvalue weighted by atomic mass is 9.88. The molecule has 2 saturated heterocycles. The van der Waals surface area contributed by atoms with Crippen molar-refractivity contribution in [2.24, 2.45) is 18.9 Å². The van der Waals surface area contributed by atoms with Crippen molar-refractivity contribution in [3.8, 4) is 11.3 Å². The number of halogens is 11. The highest BCUT2D eigenvalue weighted by Crippen LogP contribution is 2.37. The van der Waals surface area contributed by atoms with Gasteiger partial charge in [0, 0.05) is 63.8 Å². The largest absolute Gasteiger partial charge is 0.417 e. The molecule has 4 aromatic rings. The van der Waals surface area contributed by atoms with Crippen LogP contribution in [0.5, 0.6) is 0 Å². The third kappa shape index (κ3) is 12.0. The first kappa shape index (κ1) is 46.2. The number of carbonyl (C=O) groups is 1. The number of likely N-dealkylation sites (tertiary alicyclic amines) is 1. The number of alkyl halides is 10. The molecule has 0 spiro atoms. The number of aromatic nitrogens is 5. The maximum atomic E-state index is 14.6. The molecule has 6 rings (SSSR count). The van der Waals surface area contributed by atoms with Crippen molar-refractivity contribution >= 4 is 34.5 Å². The Bertz CT molecular complexity index is 1980. The van der Waals surface area contributed by atoms with Crippen LogP contribution in [0.15, 0.2) is 61.2 Å². The number of piperidine rings is 2. The Kier molecular flexibility index (Phi) is 14.5. The first-order valence-corrected chi connectivity index (χ1v) is 17.8. The van der Waals surface area contributed by atoms with Crippen LogP contribution in [-0.2, 0) is 19.4 Å². The fourth-order valence-electron chi connectivity index (χ4n) is 6.73. The van der Waals surface area contributed by atoms with Crippen LogP contribution in [0, 0.1) is 18.8 Å². The van der Waals surface area contributed by atoms with E-state index in [4.69, 9.17) is 0 Å². The fraction of sp³-hybridized carbons (Fsp3) is 0.486. The molecule has 0 aromatic carbocycles. The highest BCUT2D eigenvalue weighted by Gasteiger charge is 2.47. The zero-order valence-electron chi connectivity index (χ0n) is 31.6. The average molecular weight is 899 g/mol. The minimum Gasteiger partial charge on any atom is -0.369 e. The first-order valence-electron chi connectivity index (χ1n) is 17.8. The standard InChI is InChI=1S/C24H25F5N6O.C13H16F5N3.BrH/c1-14-6-7-30-18(8-14)17-12-34(3)33-21(17)22(36)35-13-23(25,26)9-15(2)19(35)11-32-20-5-4-16(10-31-20)24(27,28)29;1-8-4-12(14,15)7-21-10(8)6-20-11-3-2-9(5-19-11)13(16,17)18;/h4-8,10,12,15,19H,9,11,13H2,1-3H3,(H,31,32);2-3,5,8,10,21H,4,6-7H2,1H3,(H,19,20);1H/t15-,19-;8-,10-;/m11./s1. The van der Waals surface area contributed by atoms with Crippen LogP contribution >= 0.6 is 17.0 Å². The topological polar surface area (TPSA) is 113 Å². The molecule has 318 valence electrons. The van der Waals surface area contributed by atoms with Crippen LogP contribution in [0.4, 0.5) is 55.5 Å². The summed E-state index contributed by atoms with van der Waals surface area (Å²) in [4.78, 5) is 26.5. The number of rotatable bonds is 8. The molecule has 2 fully saturated rings. The van der Waals surface area contributed by atoms with E-state index in [0.29, 0.717) is 24.0 Å². The molecule has 58 heavy (non-hydrogen) atoms. The Balaban J connectivity index is 0.000000289. The summed E-state index contributed by atoms with van der Waals surface area (Å²) >= 11 is 0. The van der Waals surface area contributed by atoms with E-state index >= 15 is 0 Å². The summed E-state index contributed by atoms with van der Waals surface area (Å²) in [5.74, 6) is -6.90. The summed E-state index contributed by atoms with van der Waals surface area (Å²) in [7, 11) is 1.62. The molecule has 6 heterocycles. The highest BCUT2D eigenvalue weighted by molar-refractivity contribution is 8.93. The molecule has 0 aliphatic carbocycles. The highest BCUT2D eigenvalue weighted by atomic mass is 79.9. The summed E-state index contributed by atoms with van der Waals surface area (Å²) in [6, 6.07) is 6.92. The minimum atomic E-state index is -4.52. The van der Waals surface area contributed by atoms with E-state index in [1.165, 1.54) is 10.7 Å². The van der Waals surface area contributed by atoms with Crippen molar-refractivity contribution in [3.05, 3.63) is 83.6 Å². The predicted molar refractivity (Wildman–Crippen MR) is 201 cm³/mol. The number of pyridine rings is 3. The number of amides is 1. The summed E-state index contributed by atoms with van der Waals surface area (Å²) in [5, 5.41) is 12.8. The Labute approximate surface area is 338 Å². The molecule has 10 nitrogen and oxygen atoms in total. The third-order valence-corrected chi connectivity index (χ3v) is 9.67. The lowest BCUT2D eigenvalue weighted by Gasteiger charge is -2.43. The van der Waals surface area contributed by atoms with Gasteiger partial charge in [-0.05, 0) is 60.7 Å². The second-order valence-corrected chi connectivity index (χ2v) is 14.5. The average Bonchev–Trinajstić information content (AvgIpc) is 3.51. The summed E-state index contributed by atoms with van der Waals surface area (Å²) < 4.78 is 132. The predicted octanol–water partition coefficient (Wildman–Crippen LogP) is 8.53. The van der Waals surface area contributed by atoms with Crippen LogP contribution < -0.4 is 16.0 Å². The third-order valence-electron chi connectivity index (χ3n) is 9.67. The molecule has 4 aromatic heterocycles. The molecule has 0 saturated carbocycles. The zero-order chi connectivity index (χ0) is 41.9. The zero-order valence-corrected chi connectivity index (χ0v) is 33.3. The molecular formula is C37H42BrF10N9O. The van der Waals surface area contributed by atoms with E-state index < -0.39 is 66.2 Å². The number of nitrogens with one attached hydrogen (secondary N) is 3. The van der Waals surface area contributed by atoms with Crippen LogP contribution in [0.3, 0.4) is 0 Å². The van der Waals surface area contributed by atoms with E-state index in [1.54, 1.807) is 45.4 Å². The minimum absolute atomic E-state index is 0. The Morgan fingerprint density at radius 2 is 1.41 bits per heavy atom. The Morgan fingerprint density at radius 3 is 1.93 bits per heavy atom. The van der Waals surface area contributed by atoms with E-state index in [2.05, 4.69) is 36.0 Å². The van der Waals surface area contributed by atoms with Crippen LogP contribution in [0.2, 0.25) is 0 Å². The van der Waals surface area contributed by atoms with Crippen LogP contribution in [0.1, 0.15) is 53.9 Å². The number of anilines is 2. The fourth-order valence-corrected chi connectivity index (χ4v) is 6.73. The molecule has 1 amide bonds. The van der Waals surface area contributed by atoms with Crippen LogP contribution in [-0.4, -0.2) is 85.6 Å². The van der Waals surface area contributed by atoms with E-state index in [1.807, 2.05) is 6.92 Å². The molecule has 4 atom stereocenters.